The number of nitriles is 1. The van der Waals surface area contributed by atoms with Crippen molar-refractivity contribution in [1.82, 2.24) is 0 Å². The molecule has 0 aliphatic rings. The third kappa shape index (κ3) is 3.14. The summed E-state index contributed by atoms with van der Waals surface area (Å²) in [6.07, 6.45) is 0. The molecule has 0 amide bonds. The van der Waals surface area contributed by atoms with E-state index in [-0.39, 0.29) is 5.54 Å². The van der Waals surface area contributed by atoms with E-state index in [0.717, 1.165) is 5.69 Å². The number of ether oxygens (including phenoxy) is 1. The monoisotopic (exact) mass is 219 g/mol. The molecular formula is C12H17N3O. The topological polar surface area (TPSA) is 71.1 Å². The maximum atomic E-state index is 8.81. The number of methoxy groups -OCH3 is 1. The number of rotatable bonds is 4. The van der Waals surface area contributed by atoms with Crippen LogP contribution in [0.4, 0.5) is 11.4 Å². The van der Waals surface area contributed by atoms with Crippen LogP contribution >= 0.6 is 0 Å². The van der Waals surface area contributed by atoms with E-state index in [9.17, 15) is 0 Å². The fourth-order valence-electron chi connectivity index (χ4n) is 1.50. The number of nitrogens with two attached hydrogens (primary N) is 1. The van der Waals surface area contributed by atoms with Crippen LogP contribution in [0.15, 0.2) is 18.2 Å². The molecule has 0 unspecified atom stereocenters. The van der Waals surface area contributed by atoms with Gasteiger partial charge < -0.3 is 15.8 Å². The number of hydrogen-bond donors (Lipinski definition) is 2. The largest absolute Gasteiger partial charge is 0.397 e. The highest BCUT2D eigenvalue weighted by molar-refractivity contribution is 5.69. The summed E-state index contributed by atoms with van der Waals surface area (Å²) >= 11 is 0. The zero-order valence-electron chi connectivity index (χ0n) is 9.87. The summed E-state index contributed by atoms with van der Waals surface area (Å²) in [6.45, 7) is 4.58. The molecule has 0 aliphatic heterocycles. The van der Waals surface area contributed by atoms with Gasteiger partial charge in [0.1, 0.15) is 0 Å². The maximum Gasteiger partial charge on any atom is 0.0992 e. The van der Waals surface area contributed by atoms with Crippen molar-refractivity contribution in [2.75, 3.05) is 24.8 Å². The van der Waals surface area contributed by atoms with Gasteiger partial charge in [0.15, 0.2) is 0 Å². The van der Waals surface area contributed by atoms with E-state index in [2.05, 4.69) is 11.4 Å². The van der Waals surface area contributed by atoms with Gasteiger partial charge in [0.2, 0.25) is 0 Å². The third-order valence-electron chi connectivity index (χ3n) is 2.16. The zero-order valence-corrected chi connectivity index (χ0v) is 9.87. The molecule has 0 fully saturated rings. The molecule has 1 aromatic carbocycles. The average molecular weight is 219 g/mol. The van der Waals surface area contributed by atoms with Crippen molar-refractivity contribution in [2.24, 2.45) is 0 Å². The molecule has 3 N–H and O–H groups in total. The van der Waals surface area contributed by atoms with Gasteiger partial charge in [-0.2, -0.15) is 5.26 Å². The van der Waals surface area contributed by atoms with E-state index in [1.54, 1.807) is 25.3 Å². The van der Waals surface area contributed by atoms with Crippen molar-refractivity contribution in [3.8, 4) is 6.07 Å². The average Bonchev–Trinajstić information content (AvgIpc) is 2.21. The minimum Gasteiger partial charge on any atom is -0.397 e. The van der Waals surface area contributed by atoms with Gasteiger partial charge in [-0.25, -0.2) is 0 Å². The van der Waals surface area contributed by atoms with Crippen molar-refractivity contribution in [3.63, 3.8) is 0 Å². The van der Waals surface area contributed by atoms with E-state index in [4.69, 9.17) is 15.7 Å². The summed E-state index contributed by atoms with van der Waals surface area (Å²) in [5.41, 5.74) is 7.59. The lowest BCUT2D eigenvalue weighted by Gasteiger charge is -2.27. The number of nitrogens with zero attached hydrogens (tertiary/aromatic N) is 1. The Hall–Kier alpha value is -1.73. The van der Waals surface area contributed by atoms with Crippen LogP contribution in [-0.2, 0) is 4.74 Å². The fraction of sp³-hybridized carbons (Fsp3) is 0.417. The first-order valence-corrected chi connectivity index (χ1v) is 5.05. The first-order valence-electron chi connectivity index (χ1n) is 5.05. The van der Waals surface area contributed by atoms with E-state index in [1.807, 2.05) is 13.8 Å². The van der Waals surface area contributed by atoms with Crippen molar-refractivity contribution >= 4 is 11.4 Å². The molecule has 0 aliphatic carbocycles. The lowest BCUT2D eigenvalue weighted by atomic mass is 10.1. The minimum atomic E-state index is -0.225. The highest BCUT2D eigenvalue weighted by Gasteiger charge is 2.18. The summed E-state index contributed by atoms with van der Waals surface area (Å²) in [6, 6.07) is 7.25. The molecule has 0 radical (unpaired) electrons. The summed E-state index contributed by atoms with van der Waals surface area (Å²) in [5.74, 6) is 0. The summed E-state index contributed by atoms with van der Waals surface area (Å²) in [5, 5.41) is 12.1. The number of benzene rings is 1. The maximum absolute atomic E-state index is 8.81. The Morgan fingerprint density at radius 1 is 1.50 bits per heavy atom. The fourth-order valence-corrected chi connectivity index (χ4v) is 1.50. The van der Waals surface area contributed by atoms with Crippen LogP contribution in [0.2, 0.25) is 0 Å². The molecule has 1 aromatic rings. The van der Waals surface area contributed by atoms with E-state index >= 15 is 0 Å². The van der Waals surface area contributed by atoms with Crippen molar-refractivity contribution in [2.45, 2.75) is 19.4 Å². The Bertz CT molecular complexity index is 407. The van der Waals surface area contributed by atoms with Gasteiger partial charge in [-0.3, -0.25) is 0 Å². The second-order valence-corrected chi connectivity index (χ2v) is 4.36. The molecule has 86 valence electrons. The molecule has 16 heavy (non-hydrogen) atoms. The van der Waals surface area contributed by atoms with Crippen LogP contribution in [0.1, 0.15) is 19.4 Å². The number of nitrogens with one attached hydrogen (secondary N) is 1. The lowest BCUT2D eigenvalue weighted by Crippen LogP contribution is -2.36. The van der Waals surface area contributed by atoms with Gasteiger partial charge >= 0.3 is 0 Å². The Morgan fingerprint density at radius 3 is 2.75 bits per heavy atom. The van der Waals surface area contributed by atoms with Crippen LogP contribution in [0.25, 0.3) is 0 Å². The molecule has 4 nitrogen and oxygen atoms in total. The summed E-state index contributed by atoms with van der Waals surface area (Å²) in [4.78, 5) is 0. The third-order valence-corrected chi connectivity index (χ3v) is 2.16. The molecule has 0 bridgehead atoms. The Labute approximate surface area is 96.0 Å². The normalized spacial score (nSPS) is 10.9. The van der Waals surface area contributed by atoms with Gasteiger partial charge in [0, 0.05) is 7.11 Å². The zero-order chi connectivity index (χ0) is 12.2. The number of nitrogen functional groups attached to an aromatic ring is 1. The Morgan fingerprint density at radius 2 is 2.19 bits per heavy atom. The second kappa shape index (κ2) is 4.86. The first-order chi connectivity index (χ1) is 7.48. The predicted molar refractivity (Wildman–Crippen MR) is 65.1 cm³/mol. The summed E-state index contributed by atoms with van der Waals surface area (Å²) < 4.78 is 5.11. The SMILES string of the molecule is COCC(C)(C)Nc1cc(C#N)ccc1N. The van der Waals surface area contributed by atoms with Crippen LogP contribution in [0.5, 0.6) is 0 Å². The van der Waals surface area contributed by atoms with Gasteiger partial charge in [-0.15, -0.1) is 0 Å². The van der Waals surface area contributed by atoms with Crippen LogP contribution in [0, 0.1) is 11.3 Å². The minimum absolute atomic E-state index is 0.225. The quantitative estimate of drug-likeness (QED) is 0.759. The van der Waals surface area contributed by atoms with Crippen molar-refractivity contribution < 1.29 is 4.74 Å². The molecule has 0 atom stereocenters. The molecule has 0 aromatic heterocycles. The Balaban J connectivity index is 2.92. The van der Waals surface area contributed by atoms with Gasteiger partial charge in [-0.05, 0) is 32.0 Å². The van der Waals surface area contributed by atoms with E-state index in [1.165, 1.54) is 0 Å². The van der Waals surface area contributed by atoms with E-state index in [0.29, 0.717) is 17.9 Å². The molecule has 0 heterocycles. The van der Waals surface area contributed by atoms with Gasteiger partial charge in [0.25, 0.3) is 0 Å². The molecule has 0 saturated heterocycles. The van der Waals surface area contributed by atoms with Crippen LogP contribution in [0.3, 0.4) is 0 Å². The van der Waals surface area contributed by atoms with Crippen LogP contribution < -0.4 is 11.1 Å². The standard InChI is InChI=1S/C12H17N3O/c1-12(2,8-16-3)15-11-6-9(7-13)4-5-10(11)14/h4-6,15H,8,14H2,1-3H3. The molecule has 1 rings (SSSR count). The molecule has 4 heteroatoms. The highest BCUT2D eigenvalue weighted by atomic mass is 16.5. The highest BCUT2D eigenvalue weighted by Crippen LogP contribution is 2.23. The molecule has 0 saturated carbocycles. The molecule has 0 spiro atoms. The Kier molecular flexibility index (Phi) is 3.75. The van der Waals surface area contributed by atoms with Gasteiger partial charge in [0.05, 0.1) is 35.2 Å². The van der Waals surface area contributed by atoms with Crippen LogP contribution in [-0.4, -0.2) is 19.3 Å². The number of hydrogen-bond acceptors (Lipinski definition) is 4. The smallest absolute Gasteiger partial charge is 0.0992 e. The first kappa shape index (κ1) is 12.3. The summed E-state index contributed by atoms with van der Waals surface area (Å²) in [7, 11) is 1.65. The van der Waals surface area contributed by atoms with Crippen molar-refractivity contribution in [1.29, 1.82) is 5.26 Å². The number of anilines is 2. The second-order valence-electron chi connectivity index (χ2n) is 4.36. The van der Waals surface area contributed by atoms with E-state index < -0.39 is 0 Å². The molecular weight excluding hydrogens is 202 g/mol. The predicted octanol–water partition coefficient (Wildman–Crippen LogP) is 1.98. The van der Waals surface area contributed by atoms with Gasteiger partial charge in [-0.1, -0.05) is 0 Å². The lowest BCUT2D eigenvalue weighted by molar-refractivity contribution is 0.158. The van der Waals surface area contributed by atoms with Crippen molar-refractivity contribution in [3.05, 3.63) is 23.8 Å².